The number of aromatic nitrogens is 1. The zero-order chi connectivity index (χ0) is 12.3. The van der Waals surface area contributed by atoms with Gasteiger partial charge in [0.2, 0.25) is 5.91 Å². The summed E-state index contributed by atoms with van der Waals surface area (Å²) in [7, 11) is 0. The number of anilines is 1. The van der Waals surface area contributed by atoms with Crippen molar-refractivity contribution in [2.24, 2.45) is 0 Å². The average molecular weight is 250 g/mol. The van der Waals surface area contributed by atoms with Crippen molar-refractivity contribution in [3.05, 3.63) is 36.1 Å². The molecule has 0 fully saturated rings. The predicted octanol–water partition coefficient (Wildman–Crippen LogP) is 1.13. The van der Waals surface area contributed by atoms with Gasteiger partial charge in [0.25, 0.3) is 0 Å². The maximum Gasteiger partial charge on any atom is 0.326 e. The molecule has 0 radical (unpaired) electrons. The summed E-state index contributed by atoms with van der Waals surface area (Å²) in [5.41, 5.74) is 0.506. The van der Waals surface area contributed by atoms with Crippen molar-refractivity contribution in [1.82, 2.24) is 15.2 Å². The van der Waals surface area contributed by atoms with Gasteiger partial charge in [0.1, 0.15) is 6.54 Å². The summed E-state index contributed by atoms with van der Waals surface area (Å²) < 4.78 is 0. The summed E-state index contributed by atoms with van der Waals surface area (Å²) >= 11 is 1.32. The van der Waals surface area contributed by atoms with Crippen LogP contribution in [0, 0.1) is 0 Å². The maximum atomic E-state index is 11.6. The summed E-state index contributed by atoms with van der Waals surface area (Å²) in [6.45, 7) is 3.52. The minimum absolute atomic E-state index is 0.0603. The predicted molar refractivity (Wildman–Crippen MR) is 64.3 cm³/mol. The maximum absolute atomic E-state index is 11.6. The van der Waals surface area contributed by atoms with E-state index in [-0.39, 0.29) is 18.5 Å². The van der Waals surface area contributed by atoms with Crippen LogP contribution in [0.25, 0.3) is 0 Å². The molecule has 0 saturated carbocycles. The van der Waals surface area contributed by atoms with Gasteiger partial charge in [-0.05, 0) is 6.08 Å². The first-order valence-corrected chi connectivity index (χ1v) is 5.67. The summed E-state index contributed by atoms with van der Waals surface area (Å²) in [6.07, 6.45) is 4.73. The molecule has 3 amide bonds. The smallest absolute Gasteiger partial charge is 0.308 e. The zero-order valence-corrected chi connectivity index (χ0v) is 9.66. The molecule has 0 spiro atoms. The van der Waals surface area contributed by atoms with E-state index in [1.165, 1.54) is 22.4 Å². The standard InChI is InChI=1S/C10H10N4O2S/c1-7-2-4-14(10(16)12-7)6-8(15)13-9-11-3-5-17-9/h2-5H,1,6H2,(H,12,16)(H,11,13,15). The third kappa shape index (κ3) is 2.91. The van der Waals surface area contributed by atoms with Gasteiger partial charge >= 0.3 is 6.03 Å². The lowest BCUT2D eigenvalue weighted by molar-refractivity contribution is -0.116. The van der Waals surface area contributed by atoms with Crippen molar-refractivity contribution in [3.8, 4) is 0 Å². The fraction of sp³-hybridized carbons (Fsp3) is 0.100. The van der Waals surface area contributed by atoms with Gasteiger partial charge in [0.05, 0.1) is 0 Å². The van der Waals surface area contributed by atoms with E-state index < -0.39 is 0 Å². The van der Waals surface area contributed by atoms with Crippen LogP contribution < -0.4 is 10.6 Å². The van der Waals surface area contributed by atoms with Crippen LogP contribution in [-0.4, -0.2) is 28.4 Å². The van der Waals surface area contributed by atoms with E-state index in [0.717, 1.165) is 0 Å². The molecule has 1 aromatic heterocycles. The van der Waals surface area contributed by atoms with Crippen LogP contribution in [0.5, 0.6) is 0 Å². The van der Waals surface area contributed by atoms with Crippen LogP contribution in [-0.2, 0) is 4.79 Å². The Hall–Kier alpha value is -2.15. The highest BCUT2D eigenvalue weighted by Crippen LogP contribution is 2.10. The monoisotopic (exact) mass is 250 g/mol. The minimum Gasteiger partial charge on any atom is -0.308 e. The fourth-order valence-corrected chi connectivity index (χ4v) is 1.77. The number of allylic oxidation sites excluding steroid dienone is 1. The molecular formula is C10H10N4O2S. The number of nitrogens with zero attached hydrogens (tertiary/aromatic N) is 2. The number of thiazole rings is 1. The van der Waals surface area contributed by atoms with Gasteiger partial charge in [0.15, 0.2) is 5.13 Å². The largest absolute Gasteiger partial charge is 0.326 e. The first kappa shape index (κ1) is 11.3. The lowest BCUT2D eigenvalue weighted by Crippen LogP contribution is -2.42. The quantitative estimate of drug-likeness (QED) is 0.844. The number of carbonyl (C=O) groups is 2. The van der Waals surface area contributed by atoms with E-state index in [9.17, 15) is 9.59 Å². The van der Waals surface area contributed by atoms with Crippen LogP contribution in [0.15, 0.2) is 36.1 Å². The number of nitrogens with one attached hydrogen (secondary N) is 2. The third-order valence-electron chi connectivity index (χ3n) is 1.98. The number of hydrogen-bond acceptors (Lipinski definition) is 4. The molecule has 0 unspecified atom stereocenters. The van der Waals surface area contributed by atoms with Gasteiger partial charge in [-0.2, -0.15) is 0 Å². The summed E-state index contributed by atoms with van der Waals surface area (Å²) in [6, 6.07) is -0.369. The van der Waals surface area contributed by atoms with Crippen molar-refractivity contribution < 1.29 is 9.59 Å². The molecule has 2 rings (SSSR count). The Bertz CT molecular complexity index is 481. The summed E-state index contributed by atoms with van der Waals surface area (Å²) in [4.78, 5) is 28.2. The molecular weight excluding hydrogens is 240 g/mol. The number of urea groups is 1. The molecule has 7 heteroatoms. The highest BCUT2D eigenvalue weighted by molar-refractivity contribution is 7.13. The Morgan fingerprint density at radius 3 is 3.12 bits per heavy atom. The Balaban J connectivity index is 1.93. The molecule has 0 bridgehead atoms. The lowest BCUT2D eigenvalue weighted by atomic mass is 10.4. The van der Waals surface area contributed by atoms with Crippen LogP contribution in [0.3, 0.4) is 0 Å². The molecule has 2 heterocycles. The fourth-order valence-electron chi connectivity index (χ4n) is 1.22. The van der Waals surface area contributed by atoms with Gasteiger partial charge in [-0.15, -0.1) is 11.3 Å². The van der Waals surface area contributed by atoms with Crippen LogP contribution in [0.2, 0.25) is 0 Å². The van der Waals surface area contributed by atoms with Gasteiger partial charge in [-0.3, -0.25) is 9.69 Å². The first-order valence-electron chi connectivity index (χ1n) is 4.79. The van der Waals surface area contributed by atoms with E-state index in [0.29, 0.717) is 10.8 Å². The molecule has 1 aliphatic rings. The van der Waals surface area contributed by atoms with E-state index in [4.69, 9.17) is 0 Å². The lowest BCUT2D eigenvalue weighted by Gasteiger charge is -2.22. The molecule has 6 nitrogen and oxygen atoms in total. The van der Waals surface area contributed by atoms with E-state index in [1.54, 1.807) is 17.7 Å². The van der Waals surface area contributed by atoms with Crippen molar-refractivity contribution in [2.75, 3.05) is 11.9 Å². The van der Waals surface area contributed by atoms with Crippen LogP contribution in [0.4, 0.5) is 9.93 Å². The molecule has 17 heavy (non-hydrogen) atoms. The second-order valence-corrected chi connectivity index (χ2v) is 4.18. The van der Waals surface area contributed by atoms with Gasteiger partial charge < -0.3 is 10.6 Å². The number of carbonyl (C=O) groups excluding carboxylic acids is 2. The normalized spacial score (nSPS) is 14.7. The molecule has 0 aromatic carbocycles. The highest BCUT2D eigenvalue weighted by Gasteiger charge is 2.18. The molecule has 2 N–H and O–H groups in total. The van der Waals surface area contributed by atoms with Crippen LogP contribution >= 0.6 is 11.3 Å². The van der Waals surface area contributed by atoms with E-state index in [1.807, 2.05) is 0 Å². The summed E-state index contributed by atoms with van der Waals surface area (Å²) in [5.74, 6) is -0.299. The number of rotatable bonds is 3. The zero-order valence-electron chi connectivity index (χ0n) is 8.84. The minimum atomic E-state index is -0.369. The van der Waals surface area contributed by atoms with Crippen molar-refractivity contribution in [3.63, 3.8) is 0 Å². The third-order valence-corrected chi connectivity index (χ3v) is 2.67. The second kappa shape index (κ2) is 4.79. The Morgan fingerprint density at radius 2 is 2.47 bits per heavy atom. The first-order chi connectivity index (χ1) is 8.15. The van der Waals surface area contributed by atoms with Gasteiger partial charge in [-0.25, -0.2) is 9.78 Å². The SMILES string of the molecule is C=C1C=CN(CC(=O)Nc2nccs2)C(=O)N1. The Morgan fingerprint density at radius 1 is 1.65 bits per heavy atom. The van der Waals surface area contributed by atoms with Crippen LogP contribution in [0.1, 0.15) is 0 Å². The molecule has 1 aliphatic heterocycles. The van der Waals surface area contributed by atoms with Crippen molar-refractivity contribution in [1.29, 1.82) is 0 Å². The topological polar surface area (TPSA) is 74.3 Å². The molecule has 0 saturated heterocycles. The number of amides is 3. The molecule has 0 atom stereocenters. The number of hydrogen-bond donors (Lipinski definition) is 2. The van der Waals surface area contributed by atoms with E-state index >= 15 is 0 Å². The highest BCUT2D eigenvalue weighted by atomic mass is 32.1. The Labute approximate surface area is 102 Å². The molecule has 88 valence electrons. The Kier molecular flexibility index (Phi) is 3.20. The molecule has 1 aromatic rings. The average Bonchev–Trinajstić information content (AvgIpc) is 2.75. The van der Waals surface area contributed by atoms with Crippen molar-refractivity contribution in [2.45, 2.75) is 0 Å². The van der Waals surface area contributed by atoms with Crippen molar-refractivity contribution >= 4 is 28.4 Å². The molecule has 0 aliphatic carbocycles. The second-order valence-electron chi connectivity index (χ2n) is 3.28. The van der Waals surface area contributed by atoms with Gasteiger partial charge in [0, 0.05) is 23.5 Å². The summed E-state index contributed by atoms with van der Waals surface area (Å²) in [5, 5.41) is 7.37. The van der Waals surface area contributed by atoms with Gasteiger partial charge in [-0.1, -0.05) is 6.58 Å². The van der Waals surface area contributed by atoms with E-state index in [2.05, 4.69) is 22.2 Å².